The highest BCUT2D eigenvalue weighted by Gasteiger charge is 2.14. The van der Waals surface area contributed by atoms with Crippen molar-refractivity contribution in [1.29, 1.82) is 0 Å². The molecule has 2 aromatic rings. The first-order valence-corrected chi connectivity index (χ1v) is 8.87. The van der Waals surface area contributed by atoms with Crippen LogP contribution in [0.15, 0.2) is 18.3 Å². The van der Waals surface area contributed by atoms with Crippen LogP contribution in [0, 0.1) is 6.92 Å². The van der Waals surface area contributed by atoms with Gasteiger partial charge in [0.05, 0.1) is 22.8 Å². The number of halogens is 2. The summed E-state index contributed by atoms with van der Waals surface area (Å²) in [6, 6.07) is 3.37. The summed E-state index contributed by atoms with van der Waals surface area (Å²) in [4.78, 5) is 8.80. The monoisotopic (exact) mass is 384 g/mol. The number of nitrogens with zero attached hydrogens (tertiary/aromatic N) is 2. The van der Waals surface area contributed by atoms with E-state index in [0.717, 1.165) is 5.56 Å². The van der Waals surface area contributed by atoms with Crippen molar-refractivity contribution in [2.75, 3.05) is 17.7 Å². The Morgan fingerprint density at radius 2 is 1.72 bits per heavy atom. The topological polar surface area (TPSA) is 59.1 Å². The van der Waals surface area contributed by atoms with Crippen LogP contribution in [0.4, 0.5) is 17.5 Å². The van der Waals surface area contributed by atoms with Gasteiger partial charge in [0.25, 0.3) is 0 Å². The molecule has 5 nitrogen and oxygen atoms in total. The summed E-state index contributed by atoms with van der Waals surface area (Å²) in [5.41, 5.74) is 1.43. The Hall–Kier alpha value is -1.72. The molecular weight excluding hydrogens is 359 g/mol. The van der Waals surface area contributed by atoms with Gasteiger partial charge < -0.3 is 15.4 Å². The largest absolute Gasteiger partial charge is 0.495 e. The Morgan fingerprint density at radius 3 is 2.28 bits per heavy atom. The number of hydrogen-bond acceptors (Lipinski definition) is 5. The normalized spacial score (nSPS) is 10.6. The van der Waals surface area contributed by atoms with Crippen molar-refractivity contribution in [3.05, 3.63) is 33.9 Å². The van der Waals surface area contributed by atoms with E-state index in [0.29, 0.717) is 33.2 Å². The molecule has 0 aliphatic carbocycles. The number of aromatic nitrogens is 2. The van der Waals surface area contributed by atoms with E-state index in [9.17, 15) is 0 Å². The summed E-state index contributed by atoms with van der Waals surface area (Å²) in [7, 11) is 1.56. The van der Waals surface area contributed by atoms with Crippen molar-refractivity contribution >= 4 is 40.7 Å². The van der Waals surface area contributed by atoms with Gasteiger partial charge in [0.1, 0.15) is 11.6 Å². The van der Waals surface area contributed by atoms with Gasteiger partial charge in [-0.25, -0.2) is 4.98 Å². The fourth-order valence-electron chi connectivity index (χ4n) is 1.87. The highest BCUT2D eigenvalue weighted by atomic mass is 35.5. The molecule has 2 rings (SSSR count). The average Bonchev–Trinajstić information content (AvgIpc) is 2.53. The predicted molar refractivity (Wildman–Crippen MR) is 108 cm³/mol. The molecule has 7 heteroatoms. The van der Waals surface area contributed by atoms with Gasteiger partial charge in [-0.2, -0.15) is 4.98 Å². The molecule has 0 unspecified atom stereocenters. The van der Waals surface area contributed by atoms with E-state index in [1.54, 1.807) is 25.4 Å². The van der Waals surface area contributed by atoms with Crippen LogP contribution < -0.4 is 15.4 Å². The van der Waals surface area contributed by atoms with E-state index in [-0.39, 0.29) is 5.54 Å². The van der Waals surface area contributed by atoms with Crippen molar-refractivity contribution in [1.82, 2.24) is 9.97 Å². The SMILES string of the molecule is CC.COc1cc(Nc2nc(NC(C)(C)C)ncc2C)c(Cl)cc1Cl. The maximum atomic E-state index is 6.25. The zero-order valence-corrected chi connectivity index (χ0v) is 17.3. The molecule has 0 aliphatic heterocycles. The van der Waals surface area contributed by atoms with Crippen LogP contribution in [0.25, 0.3) is 0 Å². The average molecular weight is 385 g/mol. The van der Waals surface area contributed by atoms with Crippen molar-refractivity contribution < 1.29 is 4.74 Å². The molecule has 0 radical (unpaired) electrons. The Labute approximate surface area is 160 Å². The van der Waals surface area contributed by atoms with Crippen LogP contribution >= 0.6 is 23.2 Å². The zero-order chi connectivity index (χ0) is 19.2. The molecule has 2 N–H and O–H groups in total. The molecule has 0 atom stereocenters. The van der Waals surface area contributed by atoms with Gasteiger partial charge in [0.15, 0.2) is 0 Å². The van der Waals surface area contributed by atoms with Gasteiger partial charge in [-0.05, 0) is 33.8 Å². The Morgan fingerprint density at radius 1 is 1.08 bits per heavy atom. The molecule has 0 aliphatic rings. The number of methoxy groups -OCH3 is 1. The van der Waals surface area contributed by atoms with E-state index in [4.69, 9.17) is 27.9 Å². The van der Waals surface area contributed by atoms with Gasteiger partial charge in [0, 0.05) is 23.4 Å². The summed E-state index contributed by atoms with van der Waals surface area (Å²) in [5, 5.41) is 7.39. The lowest BCUT2D eigenvalue weighted by molar-refractivity contribution is 0.415. The van der Waals surface area contributed by atoms with Gasteiger partial charge in [-0.3, -0.25) is 0 Å². The first-order chi connectivity index (χ1) is 11.7. The predicted octanol–water partition coefficient (Wildman–Crippen LogP) is 6.08. The lowest BCUT2D eigenvalue weighted by Gasteiger charge is -2.21. The minimum atomic E-state index is -0.131. The van der Waals surface area contributed by atoms with Crippen molar-refractivity contribution in [3.8, 4) is 5.75 Å². The Bertz CT molecular complexity index is 715. The second kappa shape index (κ2) is 9.11. The molecule has 138 valence electrons. The molecule has 1 aromatic carbocycles. The first-order valence-electron chi connectivity index (χ1n) is 8.11. The Balaban J connectivity index is 0.00000151. The maximum absolute atomic E-state index is 6.25. The molecule has 0 fully saturated rings. The van der Waals surface area contributed by atoms with Gasteiger partial charge >= 0.3 is 0 Å². The quantitative estimate of drug-likeness (QED) is 0.668. The molecule has 1 heterocycles. The third kappa shape index (κ3) is 6.25. The van der Waals surface area contributed by atoms with Gasteiger partial charge in [-0.1, -0.05) is 37.0 Å². The lowest BCUT2D eigenvalue weighted by atomic mass is 10.1. The number of anilines is 3. The third-order valence-corrected chi connectivity index (χ3v) is 3.56. The van der Waals surface area contributed by atoms with Crippen LogP contribution in [-0.2, 0) is 0 Å². The summed E-state index contributed by atoms with van der Waals surface area (Å²) < 4.78 is 5.22. The molecule has 0 saturated heterocycles. The molecule has 0 spiro atoms. The number of nitrogens with one attached hydrogen (secondary N) is 2. The number of hydrogen-bond donors (Lipinski definition) is 2. The molecule has 25 heavy (non-hydrogen) atoms. The van der Waals surface area contributed by atoms with Crippen molar-refractivity contribution in [2.24, 2.45) is 0 Å². The highest BCUT2D eigenvalue weighted by molar-refractivity contribution is 6.37. The molecule has 0 bridgehead atoms. The molecule has 0 saturated carbocycles. The minimum absolute atomic E-state index is 0.131. The summed E-state index contributed by atoms with van der Waals surface area (Å²) in [6.45, 7) is 12.1. The van der Waals surface area contributed by atoms with Crippen molar-refractivity contribution in [2.45, 2.75) is 47.1 Å². The maximum Gasteiger partial charge on any atom is 0.225 e. The van der Waals surface area contributed by atoms with E-state index in [2.05, 4.69) is 20.6 Å². The first kappa shape index (κ1) is 21.3. The number of aryl methyl sites for hydroxylation is 1. The lowest BCUT2D eigenvalue weighted by Crippen LogP contribution is -2.27. The summed E-state index contributed by atoms with van der Waals surface area (Å²) >= 11 is 12.3. The Kier molecular flexibility index (Phi) is 7.77. The second-order valence-corrected chi connectivity index (χ2v) is 7.01. The number of rotatable bonds is 4. The number of benzene rings is 1. The third-order valence-electron chi connectivity index (χ3n) is 2.95. The van der Waals surface area contributed by atoms with Gasteiger partial charge in [0.2, 0.25) is 5.95 Å². The van der Waals surface area contributed by atoms with E-state index < -0.39 is 0 Å². The van der Waals surface area contributed by atoms with E-state index in [1.807, 2.05) is 41.5 Å². The van der Waals surface area contributed by atoms with Crippen molar-refractivity contribution in [3.63, 3.8) is 0 Å². The fraction of sp³-hybridized carbons (Fsp3) is 0.444. The van der Waals surface area contributed by atoms with Crippen LogP contribution in [0.2, 0.25) is 10.0 Å². The highest BCUT2D eigenvalue weighted by Crippen LogP contribution is 2.35. The van der Waals surface area contributed by atoms with Crippen LogP contribution in [0.5, 0.6) is 5.75 Å². The van der Waals surface area contributed by atoms with Gasteiger partial charge in [-0.15, -0.1) is 0 Å². The second-order valence-electron chi connectivity index (χ2n) is 6.19. The van der Waals surface area contributed by atoms with E-state index >= 15 is 0 Å². The zero-order valence-electron chi connectivity index (χ0n) is 15.8. The molecule has 1 aromatic heterocycles. The molecule has 0 amide bonds. The smallest absolute Gasteiger partial charge is 0.225 e. The standard InChI is InChI=1S/C16H20Cl2N4O.C2H6/c1-9-8-19-15(22-16(2,3)4)21-14(9)20-12-7-13(23-5)11(18)6-10(12)17;1-2/h6-8H,1-5H3,(H2,19,20,21,22);1-2H3. The van der Waals surface area contributed by atoms with Crippen LogP contribution in [0.1, 0.15) is 40.2 Å². The minimum Gasteiger partial charge on any atom is -0.495 e. The summed E-state index contributed by atoms with van der Waals surface area (Å²) in [5.74, 6) is 1.75. The molecular formula is C18H26Cl2N4O. The fourth-order valence-corrected chi connectivity index (χ4v) is 2.38. The van der Waals surface area contributed by atoms with Crippen LogP contribution in [0.3, 0.4) is 0 Å². The van der Waals surface area contributed by atoms with E-state index in [1.165, 1.54) is 0 Å². The number of ether oxygens (including phenoxy) is 1. The van der Waals surface area contributed by atoms with Crippen LogP contribution in [-0.4, -0.2) is 22.6 Å². The summed E-state index contributed by atoms with van der Waals surface area (Å²) in [6.07, 6.45) is 1.75.